The first-order chi connectivity index (χ1) is 9.96. The zero-order valence-electron chi connectivity index (χ0n) is 12.4. The summed E-state index contributed by atoms with van der Waals surface area (Å²) in [6.07, 6.45) is 4.43. The molecule has 1 amide bonds. The minimum atomic E-state index is -0.892. The molecule has 0 saturated heterocycles. The minimum absolute atomic E-state index is 0.0885. The molecular weight excluding hydrogens is 274 g/mol. The largest absolute Gasteiger partial charge is 0.337 e. The van der Waals surface area contributed by atoms with Crippen molar-refractivity contribution in [2.45, 2.75) is 51.1 Å². The van der Waals surface area contributed by atoms with Crippen molar-refractivity contribution in [2.75, 3.05) is 6.54 Å². The molecule has 116 valence electrons. The van der Waals surface area contributed by atoms with E-state index in [4.69, 9.17) is 5.73 Å². The highest BCUT2D eigenvalue weighted by Crippen LogP contribution is 2.28. The predicted molar refractivity (Wildman–Crippen MR) is 77.5 cm³/mol. The first-order valence-corrected chi connectivity index (χ1v) is 7.48. The van der Waals surface area contributed by atoms with E-state index in [2.05, 4.69) is 0 Å². The summed E-state index contributed by atoms with van der Waals surface area (Å²) in [6.45, 7) is 2.62. The van der Waals surface area contributed by atoms with E-state index in [1.165, 1.54) is 6.07 Å². The number of nitrogens with two attached hydrogens (primary N) is 1. The lowest BCUT2D eigenvalue weighted by Crippen LogP contribution is -2.56. The SMILES string of the molecule is CCN(Cc1ccc(F)c(F)c1)C(=O)C1(N)CCCCC1. The number of amides is 1. The number of nitrogens with zero attached hydrogens (tertiary/aromatic N) is 1. The van der Waals surface area contributed by atoms with Crippen LogP contribution < -0.4 is 5.73 Å². The minimum Gasteiger partial charge on any atom is -0.337 e. The number of hydrogen-bond donors (Lipinski definition) is 1. The number of benzene rings is 1. The third-order valence-corrected chi connectivity index (χ3v) is 4.20. The molecular formula is C16H22F2N2O. The summed E-state index contributed by atoms with van der Waals surface area (Å²) in [7, 11) is 0. The third kappa shape index (κ3) is 3.59. The number of hydrogen-bond acceptors (Lipinski definition) is 2. The van der Waals surface area contributed by atoms with Crippen LogP contribution in [0.1, 0.15) is 44.6 Å². The topological polar surface area (TPSA) is 46.3 Å². The Morgan fingerprint density at radius 1 is 1.24 bits per heavy atom. The van der Waals surface area contributed by atoms with Crippen LogP contribution in [-0.2, 0) is 11.3 Å². The van der Waals surface area contributed by atoms with Gasteiger partial charge in [0, 0.05) is 13.1 Å². The molecule has 2 rings (SSSR count). The first-order valence-electron chi connectivity index (χ1n) is 7.48. The van der Waals surface area contributed by atoms with Gasteiger partial charge in [-0.1, -0.05) is 25.3 Å². The van der Waals surface area contributed by atoms with E-state index in [-0.39, 0.29) is 12.5 Å². The molecule has 21 heavy (non-hydrogen) atoms. The van der Waals surface area contributed by atoms with Crippen molar-refractivity contribution in [1.29, 1.82) is 0 Å². The highest BCUT2D eigenvalue weighted by Gasteiger charge is 2.37. The Balaban J connectivity index is 2.11. The monoisotopic (exact) mass is 296 g/mol. The zero-order chi connectivity index (χ0) is 15.5. The highest BCUT2D eigenvalue weighted by molar-refractivity contribution is 5.86. The van der Waals surface area contributed by atoms with Gasteiger partial charge in [0.25, 0.3) is 0 Å². The molecule has 1 aliphatic rings. The Morgan fingerprint density at radius 2 is 1.90 bits per heavy atom. The average Bonchev–Trinajstić information content (AvgIpc) is 2.48. The van der Waals surface area contributed by atoms with Crippen molar-refractivity contribution in [3.05, 3.63) is 35.4 Å². The van der Waals surface area contributed by atoms with E-state index in [1.54, 1.807) is 4.90 Å². The van der Waals surface area contributed by atoms with Crippen LogP contribution in [0.2, 0.25) is 0 Å². The second kappa shape index (κ2) is 6.52. The maximum atomic E-state index is 13.3. The number of carbonyl (C=O) groups excluding carboxylic acids is 1. The smallest absolute Gasteiger partial charge is 0.242 e. The van der Waals surface area contributed by atoms with Crippen molar-refractivity contribution in [1.82, 2.24) is 4.90 Å². The quantitative estimate of drug-likeness (QED) is 0.928. The fourth-order valence-corrected chi connectivity index (χ4v) is 2.90. The molecule has 1 aliphatic carbocycles. The van der Waals surface area contributed by atoms with Gasteiger partial charge in [-0.3, -0.25) is 4.79 Å². The van der Waals surface area contributed by atoms with Crippen molar-refractivity contribution < 1.29 is 13.6 Å². The van der Waals surface area contributed by atoms with Crippen LogP contribution >= 0.6 is 0 Å². The standard InChI is InChI=1S/C16H22F2N2O/c1-2-20(11-12-6-7-13(17)14(18)10-12)15(21)16(19)8-4-3-5-9-16/h6-7,10H,2-5,8-9,11,19H2,1H3. The molecule has 0 aromatic heterocycles. The maximum Gasteiger partial charge on any atom is 0.242 e. The fraction of sp³-hybridized carbons (Fsp3) is 0.562. The Bertz CT molecular complexity index is 513. The molecule has 0 bridgehead atoms. The lowest BCUT2D eigenvalue weighted by Gasteiger charge is -2.36. The van der Waals surface area contributed by atoms with Gasteiger partial charge in [0.15, 0.2) is 11.6 Å². The molecule has 1 aromatic carbocycles. The van der Waals surface area contributed by atoms with Crippen LogP contribution in [0.15, 0.2) is 18.2 Å². The van der Waals surface area contributed by atoms with E-state index >= 15 is 0 Å². The number of rotatable bonds is 4. The van der Waals surface area contributed by atoms with Crippen LogP contribution in [-0.4, -0.2) is 22.9 Å². The molecule has 0 atom stereocenters. The molecule has 0 radical (unpaired) electrons. The van der Waals surface area contributed by atoms with Crippen LogP contribution in [0.25, 0.3) is 0 Å². The Hall–Kier alpha value is -1.49. The van der Waals surface area contributed by atoms with Gasteiger partial charge in [-0.2, -0.15) is 0 Å². The van der Waals surface area contributed by atoms with Gasteiger partial charge in [0.2, 0.25) is 5.91 Å². The molecule has 1 aromatic rings. The molecule has 0 spiro atoms. The normalized spacial score (nSPS) is 17.5. The molecule has 5 heteroatoms. The van der Waals surface area contributed by atoms with Crippen LogP contribution in [0.5, 0.6) is 0 Å². The first kappa shape index (κ1) is 15.9. The van der Waals surface area contributed by atoms with E-state index in [0.717, 1.165) is 31.4 Å². The third-order valence-electron chi connectivity index (χ3n) is 4.20. The van der Waals surface area contributed by atoms with Crippen LogP contribution in [0.3, 0.4) is 0 Å². The number of halogens is 2. The Labute approximate surface area is 124 Å². The van der Waals surface area contributed by atoms with Gasteiger partial charge in [-0.05, 0) is 37.5 Å². The van der Waals surface area contributed by atoms with Gasteiger partial charge in [-0.15, -0.1) is 0 Å². The number of carbonyl (C=O) groups is 1. The van der Waals surface area contributed by atoms with Crippen molar-refractivity contribution in [3.8, 4) is 0 Å². The summed E-state index contributed by atoms with van der Waals surface area (Å²) in [6, 6.07) is 3.72. The van der Waals surface area contributed by atoms with Crippen LogP contribution in [0.4, 0.5) is 8.78 Å². The molecule has 0 aliphatic heterocycles. The van der Waals surface area contributed by atoms with E-state index in [1.807, 2.05) is 6.92 Å². The molecule has 3 nitrogen and oxygen atoms in total. The van der Waals surface area contributed by atoms with Crippen LogP contribution in [0, 0.1) is 11.6 Å². The van der Waals surface area contributed by atoms with Gasteiger partial charge in [0.1, 0.15) is 0 Å². The predicted octanol–water partition coefficient (Wildman–Crippen LogP) is 2.97. The number of likely N-dealkylation sites (N-methyl/N-ethyl adjacent to an activating group) is 1. The van der Waals surface area contributed by atoms with Gasteiger partial charge in [-0.25, -0.2) is 8.78 Å². The molecule has 1 saturated carbocycles. The summed E-state index contributed by atoms with van der Waals surface area (Å²) < 4.78 is 26.2. The Morgan fingerprint density at radius 3 is 2.48 bits per heavy atom. The van der Waals surface area contributed by atoms with E-state index in [9.17, 15) is 13.6 Å². The average molecular weight is 296 g/mol. The fourth-order valence-electron chi connectivity index (χ4n) is 2.90. The lowest BCUT2D eigenvalue weighted by atomic mass is 9.81. The van der Waals surface area contributed by atoms with E-state index in [0.29, 0.717) is 24.9 Å². The molecule has 2 N–H and O–H groups in total. The molecule has 0 heterocycles. The lowest BCUT2D eigenvalue weighted by molar-refractivity contribution is -0.138. The zero-order valence-corrected chi connectivity index (χ0v) is 12.4. The second-order valence-corrected chi connectivity index (χ2v) is 5.78. The van der Waals surface area contributed by atoms with Gasteiger partial charge in [0.05, 0.1) is 5.54 Å². The van der Waals surface area contributed by atoms with E-state index < -0.39 is 17.2 Å². The molecule has 1 fully saturated rings. The summed E-state index contributed by atoms with van der Waals surface area (Å²) in [4.78, 5) is 14.3. The summed E-state index contributed by atoms with van der Waals surface area (Å²) >= 11 is 0. The van der Waals surface area contributed by atoms with Gasteiger partial charge < -0.3 is 10.6 Å². The summed E-state index contributed by atoms with van der Waals surface area (Å²) in [5.74, 6) is -1.86. The van der Waals surface area contributed by atoms with Crippen molar-refractivity contribution >= 4 is 5.91 Å². The Kier molecular flexibility index (Phi) is 4.93. The van der Waals surface area contributed by atoms with Crippen molar-refractivity contribution in [3.63, 3.8) is 0 Å². The highest BCUT2D eigenvalue weighted by atomic mass is 19.2. The second-order valence-electron chi connectivity index (χ2n) is 5.78. The summed E-state index contributed by atoms with van der Waals surface area (Å²) in [5.41, 5.74) is 6.04. The maximum absolute atomic E-state index is 13.3. The molecule has 0 unspecified atom stereocenters. The van der Waals surface area contributed by atoms with Crippen molar-refractivity contribution in [2.24, 2.45) is 5.73 Å². The summed E-state index contributed by atoms with van der Waals surface area (Å²) in [5, 5.41) is 0. The van der Waals surface area contributed by atoms with Gasteiger partial charge >= 0.3 is 0 Å².